The normalized spacial score (nSPS) is 10.7. The number of ether oxygens (including phenoxy) is 2. The molecule has 0 amide bonds. The fourth-order valence-corrected chi connectivity index (χ4v) is 1.54. The standard InChI is InChI=1S/C14H22N2O3/c1-11(2)10-19-8-7-15-9-13-12(14(17)18-3)5-4-6-16-13/h4-6,11,15H,7-10H2,1-3H3. The highest BCUT2D eigenvalue weighted by molar-refractivity contribution is 5.90. The third-order valence-electron chi connectivity index (χ3n) is 2.46. The van der Waals surface area contributed by atoms with Gasteiger partial charge in [-0.05, 0) is 18.1 Å². The number of carbonyl (C=O) groups excluding carboxylic acids is 1. The molecule has 0 radical (unpaired) electrons. The highest BCUT2D eigenvalue weighted by atomic mass is 16.5. The number of methoxy groups -OCH3 is 1. The highest BCUT2D eigenvalue weighted by Gasteiger charge is 2.11. The Morgan fingerprint density at radius 1 is 1.47 bits per heavy atom. The molecule has 0 aliphatic carbocycles. The van der Waals surface area contributed by atoms with Crippen LogP contribution in [0.2, 0.25) is 0 Å². The second-order valence-electron chi connectivity index (χ2n) is 4.63. The first-order chi connectivity index (χ1) is 9.15. The summed E-state index contributed by atoms with van der Waals surface area (Å²) < 4.78 is 10.2. The van der Waals surface area contributed by atoms with Gasteiger partial charge in [0.1, 0.15) is 0 Å². The largest absolute Gasteiger partial charge is 0.465 e. The zero-order valence-electron chi connectivity index (χ0n) is 11.8. The summed E-state index contributed by atoms with van der Waals surface area (Å²) in [5.41, 5.74) is 1.19. The molecule has 0 saturated heterocycles. The number of carbonyl (C=O) groups is 1. The number of pyridine rings is 1. The Kier molecular flexibility index (Phi) is 7.07. The van der Waals surface area contributed by atoms with Gasteiger partial charge < -0.3 is 14.8 Å². The molecule has 1 N–H and O–H groups in total. The second-order valence-corrected chi connectivity index (χ2v) is 4.63. The molecule has 19 heavy (non-hydrogen) atoms. The van der Waals surface area contributed by atoms with E-state index in [-0.39, 0.29) is 5.97 Å². The van der Waals surface area contributed by atoms with E-state index in [4.69, 9.17) is 9.47 Å². The lowest BCUT2D eigenvalue weighted by Crippen LogP contribution is -2.22. The smallest absolute Gasteiger partial charge is 0.339 e. The van der Waals surface area contributed by atoms with Crippen molar-refractivity contribution in [2.75, 3.05) is 26.9 Å². The van der Waals surface area contributed by atoms with Crippen molar-refractivity contribution >= 4 is 5.97 Å². The molecule has 5 heteroatoms. The highest BCUT2D eigenvalue weighted by Crippen LogP contribution is 2.06. The van der Waals surface area contributed by atoms with Crippen LogP contribution in [0.25, 0.3) is 0 Å². The zero-order valence-corrected chi connectivity index (χ0v) is 11.8. The molecule has 1 heterocycles. The molecule has 0 aromatic carbocycles. The van der Waals surface area contributed by atoms with Gasteiger partial charge in [0.05, 0.1) is 25.0 Å². The minimum Gasteiger partial charge on any atom is -0.465 e. The van der Waals surface area contributed by atoms with E-state index in [1.165, 1.54) is 7.11 Å². The van der Waals surface area contributed by atoms with Crippen molar-refractivity contribution in [2.45, 2.75) is 20.4 Å². The van der Waals surface area contributed by atoms with E-state index >= 15 is 0 Å². The average Bonchev–Trinajstić information content (AvgIpc) is 2.42. The first kappa shape index (κ1) is 15.6. The summed E-state index contributed by atoms with van der Waals surface area (Å²) in [6.07, 6.45) is 1.67. The zero-order chi connectivity index (χ0) is 14.1. The lowest BCUT2D eigenvalue weighted by Gasteiger charge is -2.09. The molecule has 0 spiro atoms. The predicted molar refractivity (Wildman–Crippen MR) is 72.9 cm³/mol. The second kappa shape index (κ2) is 8.61. The molecule has 1 aromatic rings. The van der Waals surface area contributed by atoms with E-state index in [1.807, 2.05) is 0 Å². The van der Waals surface area contributed by atoms with Gasteiger partial charge in [-0.25, -0.2) is 4.79 Å². The summed E-state index contributed by atoms with van der Waals surface area (Å²) in [6, 6.07) is 3.44. The number of nitrogens with zero attached hydrogens (tertiary/aromatic N) is 1. The molecule has 0 bridgehead atoms. The molecule has 0 atom stereocenters. The minimum atomic E-state index is -0.360. The fourth-order valence-electron chi connectivity index (χ4n) is 1.54. The van der Waals surface area contributed by atoms with Gasteiger partial charge in [-0.15, -0.1) is 0 Å². The number of hydrogen-bond donors (Lipinski definition) is 1. The van der Waals surface area contributed by atoms with Crippen LogP contribution in [0.1, 0.15) is 29.9 Å². The van der Waals surface area contributed by atoms with Crippen molar-refractivity contribution in [3.63, 3.8) is 0 Å². The molecule has 1 aromatic heterocycles. The summed E-state index contributed by atoms with van der Waals surface area (Å²) in [7, 11) is 1.37. The van der Waals surface area contributed by atoms with Gasteiger partial charge in [-0.1, -0.05) is 13.8 Å². The van der Waals surface area contributed by atoms with Crippen molar-refractivity contribution < 1.29 is 14.3 Å². The Morgan fingerprint density at radius 3 is 2.95 bits per heavy atom. The molecule has 0 saturated carbocycles. The van der Waals surface area contributed by atoms with Crippen LogP contribution >= 0.6 is 0 Å². The lowest BCUT2D eigenvalue weighted by molar-refractivity contribution is 0.0598. The lowest BCUT2D eigenvalue weighted by atomic mass is 10.2. The van der Waals surface area contributed by atoms with E-state index < -0.39 is 0 Å². The van der Waals surface area contributed by atoms with Crippen LogP contribution in [-0.4, -0.2) is 37.8 Å². The van der Waals surface area contributed by atoms with Crippen molar-refractivity contribution in [2.24, 2.45) is 5.92 Å². The molecule has 0 aliphatic heterocycles. The van der Waals surface area contributed by atoms with Crippen LogP contribution in [0.5, 0.6) is 0 Å². The topological polar surface area (TPSA) is 60.5 Å². The Bertz CT molecular complexity index is 394. The van der Waals surface area contributed by atoms with Gasteiger partial charge in [0.2, 0.25) is 0 Å². The van der Waals surface area contributed by atoms with Gasteiger partial charge in [-0.3, -0.25) is 4.98 Å². The number of nitrogens with one attached hydrogen (secondary N) is 1. The molecular formula is C14H22N2O3. The van der Waals surface area contributed by atoms with E-state index in [9.17, 15) is 4.79 Å². The molecule has 0 fully saturated rings. The van der Waals surface area contributed by atoms with Crippen LogP contribution in [0.3, 0.4) is 0 Å². The van der Waals surface area contributed by atoms with E-state index in [0.717, 1.165) is 13.2 Å². The van der Waals surface area contributed by atoms with Crippen LogP contribution < -0.4 is 5.32 Å². The summed E-state index contributed by atoms with van der Waals surface area (Å²) in [6.45, 7) is 6.89. The number of esters is 1. The van der Waals surface area contributed by atoms with Gasteiger partial charge in [0.25, 0.3) is 0 Å². The van der Waals surface area contributed by atoms with Crippen LogP contribution in [0.15, 0.2) is 18.3 Å². The van der Waals surface area contributed by atoms with Crippen molar-refractivity contribution in [3.05, 3.63) is 29.6 Å². The molecule has 106 valence electrons. The Hall–Kier alpha value is -1.46. The molecular weight excluding hydrogens is 244 g/mol. The van der Waals surface area contributed by atoms with Gasteiger partial charge in [0.15, 0.2) is 0 Å². The van der Waals surface area contributed by atoms with Crippen molar-refractivity contribution in [3.8, 4) is 0 Å². The molecule has 1 rings (SSSR count). The number of rotatable bonds is 8. The third kappa shape index (κ3) is 5.81. The van der Waals surface area contributed by atoms with Gasteiger partial charge >= 0.3 is 5.97 Å². The number of aromatic nitrogens is 1. The monoisotopic (exact) mass is 266 g/mol. The van der Waals surface area contributed by atoms with E-state index in [1.54, 1.807) is 18.3 Å². The molecule has 0 aliphatic rings. The average molecular weight is 266 g/mol. The molecule has 5 nitrogen and oxygen atoms in total. The Morgan fingerprint density at radius 2 is 2.26 bits per heavy atom. The number of hydrogen-bond acceptors (Lipinski definition) is 5. The fraction of sp³-hybridized carbons (Fsp3) is 0.571. The maximum absolute atomic E-state index is 11.5. The van der Waals surface area contributed by atoms with Gasteiger partial charge in [-0.2, -0.15) is 0 Å². The SMILES string of the molecule is COC(=O)c1cccnc1CNCCOCC(C)C. The Labute approximate surface area is 114 Å². The van der Waals surface area contributed by atoms with Gasteiger partial charge in [0, 0.05) is 25.9 Å². The summed E-state index contributed by atoms with van der Waals surface area (Å²) in [4.78, 5) is 15.7. The predicted octanol–water partition coefficient (Wildman–Crippen LogP) is 1.63. The van der Waals surface area contributed by atoms with E-state index in [0.29, 0.717) is 30.3 Å². The minimum absolute atomic E-state index is 0.360. The maximum Gasteiger partial charge on any atom is 0.339 e. The van der Waals surface area contributed by atoms with Crippen molar-refractivity contribution in [1.29, 1.82) is 0 Å². The van der Waals surface area contributed by atoms with E-state index in [2.05, 4.69) is 24.1 Å². The molecule has 0 unspecified atom stereocenters. The van der Waals surface area contributed by atoms with Crippen LogP contribution in [-0.2, 0) is 16.0 Å². The first-order valence-electron chi connectivity index (χ1n) is 6.45. The van der Waals surface area contributed by atoms with Crippen LogP contribution in [0.4, 0.5) is 0 Å². The van der Waals surface area contributed by atoms with Crippen LogP contribution in [0, 0.1) is 5.92 Å². The summed E-state index contributed by atoms with van der Waals surface area (Å²) >= 11 is 0. The Balaban J connectivity index is 2.35. The first-order valence-corrected chi connectivity index (χ1v) is 6.45. The maximum atomic E-state index is 11.5. The van der Waals surface area contributed by atoms with Crippen molar-refractivity contribution in [1.82, 2.24) is 10.3 Å². The quantitative estimate of drug-likeness (QED) is 0.572. The third-order valence-corrected chi connectivity index (χ3v) is 2.46. The summed E-state index contributed by atoms with van der Waals surface area (Å²) in [5, 5.41) is 3.20. The summed E-state index contributed by atoms with van der Waals surface area (Å²) in [5.74, 6) is 0.183.